The summed E-state index contributed by atoms with van der Waals surface area (Å²) in [5.41, 5.74) is 1.83. The lowest BCUT2D eigenvalue weighted by atomic mass is 10.0. The van der Waals surface area contributed by atoms with E-state index in [0.717, 1.165) is 12.8 Å². The number of halogens is 1. The molecule has 112 valence electrons. The van der Waals surface area contributed by atoms with Crippen LogP contribution in [0.25, 0.3) is 0 Å². The summed E-state index contributed by atoms with van der Waals surface area (Å²) < 4.78 is 33.3. The van der Waals surface area contributed by atoms with E-state index in [4.69, 9.17) is 10.6 Å². The van der Waals surface area contributed by atoms with Crippen molar-refractivity contribution >= 4 is 31.8 Å². The van der Waals surface area contributed by atoms with Crippen molar-refractivity contribution in [3.05, 3.63) is 16.7 Å². The molecule has 0 aromatic carbocycles. The highest BCUT2D eigenvalue weighted by Crippen LogP contribution is 2.26. The van der Waals surface area contributed by atoms with Crippen LogP contribution < -0.4 is 16.0 Å². The van der Waals surface area contributed by atoms with E-state index in [9.17, 15) is 8.42 Å². The molecule has 1 aliphatic heterocycles. The van der Waals surface area contributed by atoms with Crippen LogP contribution >= 0.6 is 15.9 Å². The zero-order valence-electron chi connectivity index (χ0n) is 11.0. The number of ether oxygens (including phenoxy) is 1. The van der Waals surface area contributed by atoms with Gasteiger partial charge in [-0.1, -0.05) is 0 Å². The standard InChI is InChI=1S/C11H17BrN4O3S/c1-11(3-2-4-19-11)7-15-20(17,18)9-5-8(12)6-14-10(9)16-13/h5-6,15H,2-4,7,13H2,1H3,(H,14,16). The van der Waals surface area contributed by atoms with Crippen LogP contribution in [0.3, 0.4) is 0 Å². The molecule has 4 N–H and O–H groups in total. The van der Waals surface area contributed by atoms with E-state index < -0.39 is 15.6 Å². The monoisotopic (exact) mass is 364 g/mol. The number of nitrogens with zero attached hydrogens (tertiary/aromatic N) is 1. The summed E-state index contributed by atoms with van der Waals surface area (Å²) in [7, 11) is -3.72. The zero-order chi connectivity index (χ0) is 14.8. The predicted octanol–water partition coefficient (Wildman–Crippen LogP) is 0.977. The molecule has 1 atom stereocenters. The number of nitrogens with one attached hydrogen (secondary N) is 2. The van der Waals surface area contributed by atoms with Gasteiger partial charge in [0.25, 0.3) is 0 Å². The maximum absolute atomic E-state index is 12.3. The fourth-order valence-corrected chi connectivity index (χ4v) is 3.82. The van der Waals surface area contributed by atoms with Crippen molar-refractivity contribution in [1.82, 2.24) is 9.71 Å². The number of hydrogen-bond donors (Lipinski definition) is 3. The molecule has 0 spiro atoms. The van der Waals surface area contributed by atoms with Crippen LogP contribution in [0, 0.1) is 0 Å². The molecule has 1 fully saturated rings. The highest BCUT2D eigenvalue weighted by atomic mass is 79.9. The van der Waals surface area contributed by atoms with Gasteiger partial charge < -0.3 is 10.2 Å². The molecule has 1 unspecified atom stereocenters. The highest BCUT2D eigenvalue weighted by Gasteiger charge is 2.32. The maximum atomic E-state index is 12.3. The van der Waals surface area contributed by atoms with Crippen molar-refractivity contribution in [3.8, 4) is 0 Å². The minimum atomic E-state index is -3.72. The van der Waals surface area contributed by atoms with Gasteiger partial charge in [0.1, 0.15) is 4.90 Å². The van der Waals surface area contributed by atoms with Crippen molar-refractivity contribution in [1.29, 1.82) is 0 Å². The lowest BCUT2D eigenvalue weighted by molar-refractivity contribution is 0.0250. The summed E-state index contributed by atoms with van der Waals surface area (Å²) in [5.74, 6) is 5.39. The second kappa shape index (κ2) is 5.94. The third kappa shape index (κ3) is 3.47. The summed E-state index contributed by atoms with van der Waals surface area (Å²) in [4.78, 5) is 3.92. The van der Waals surface area contributed by atoms with Gasteiger partial charge in [-0.2, -0.15) is 0 Å². The summed E-state index contributed by atoms with van der Waals surface area (Å²) in [6.45, 7) is 2.77. The normalized spacial score (nSPS) is 22.9. The highest BCUT2D eigenvalue weighted by molar-refractivity contribution is 9.10. The molecule has 2 heterocycles. The van der Waals surface area contributed by atoms with Crippen LogP contribution in [0.15, 0.2) is 21.6 Å². The van der Waals surface area contributed by atoms with Gasteiger partial charge in [0.05, 0.1) is 5.60 Å². The Hall–Kier alpha value is -0.740. The molecule has 1 saturated heterocycles. The van der Waals surface area contributed by atoms with E-state index in [-0.39, 0.29) is 17.3 Å². The van der Waals surface area contributed by atoms with Gasteiger partial charge in [-0.3, -0.25) is 0 Å². The Labute approximate surface area is 126 Å². The van der Waals surface area contributed by atoms with Crippen LogP contribution in [-0.2, 0) is 14.8 Å². The molecule has 0 saturated carbocycles. The molecule has 20 heavy (non-hydrogen) atoms. The maximum Gasteiger partial charge on any atom is 0.244 e. The number of sulfonamides is 1. The Balaban J connectivity index is 2.20. The van der Waals surface area contributed by atoms with Crippen LogP contribution in [0.1, 0.15) is 19.8 Å². The van der Waals surface area contributed by atoms with Crippen molar-refractivity contribution in [2.75, 3.05) is 18.6 Å². The topological polar surface area (TPSA) is 106 Å². The summed E-state index contributed by atoms with van der Waals surface area (Å²) >= 11 is 3.20. The fraction of sp³-hybridized carbons (Fsp3) is 0.545. The van der Waals surface area contributed by atoms with E-state index >= 15 is 0 Å². The van der Waals surface area contributed by atoms with Gasteiger partial charge in [-0.15, -0.1) is 0 Å². The second-order valence-corrected chi connectivity index (χ2v) is 7.52. The summed E-state index contributed by atoms with van der Waals surface area (Å²) in [6, 6.07) is 1.45. The van der Waals surface area contributed by atoms with Gasteiger partial charge in [0.2, 0.25) is 10.0 Å². The number of hydrogen-bond acceptors (Lipinski definition) is 6. The van der Waals surface area contributed by atoms with E-state index in [2.05, 4.69) is 31.1 Å². The minimum Gasteiger partial charge on any atom is -0.374 e. The van der Waals surface area contributed by atoms with Gasteiger partial charge in [-0.25, -0.2) is 24.0 Å². The molecular weight excluding hydrogens is 348 g/mol. The number of pyridine rings is 1. The molecule has 1 aromatic heterocycles. The average Bonchev–Trinajstić information content (AvgIpc) is 2.84. The van der Waals surface area contributed by atoms with Gasteiger partial charge in [0.15, 0.2) is 5.82 Å². The molecular formula is C11H17BrN4O3S. The van der Waals surface area contributed by atoms with Crippen LogP contribution in [0.4, 0.5) is 5.82 Å². The third-order valence-electron chi connectivity index (χ3n) is 3.18. The van der Waals surface area contributed by atoms with E-state index in [0.29, 0.717) is 11.1 Å². The lowest BCUT2D eigenvalue weighted by Crippen LogP contribution is -2.40. The number of anilines is 1. The molecule has 7 nitrogen and oxygen atoms in total. The SMILES string of the molecule is CC1(CNS(=O)(=O)c2cc(Br)cnc2NN)CCCO1. The number of aromatic nitrogens is 1. The fourth-order valence-electron chi connectivity index (χ4n) is 2.04. The minimum absolute atomic E-state index is 0.00373. The Morgan fingerprint density at radius 2 is 2.35 bits per heavy atom. The Bertz CT molecular complexity index is 587. The zero-order valence-corrected chi connectivity index (χ0v) is 13.4. The molecule has 0 aliphatic carbocycles. The summed E-state index contributed by atoms with van der Waals surface area (Å²) in [5, 5.41) is 0. The van der Waals surface area contributed by atoms with Crippen molar-refractivity contribution in [3.63, 3.8) is 0 Å². The number of nitrogen functional groups attached to an aromatic ring is 1. The predicted molar refractivity (Wildman–Crippen MR) is 78.5 cm³/mol. The summed E-state index contributed by atoms with van der Waals surface area (Å²) in [6.07, 6.45) is 3.23. The molecule has 0 bridgehead atoms. The van der Waals surface area contributed by atoms with Gasteiger partial charge in [0, 0.05) is 23.8 Å². The largest absolute Gasteiger partial charge is 0.374 e. The number of nitrogens with two attached hydrogens (primary N) is 1. The van der Waals surface area contributed by atoms with Crippen LogP contribution in [0.5, 0.6) is 0 Å². The van der Waals surface area contributed by atoms with E-state index in [1.165, 1.54) is 12.3 Å². The Kier molecular flexibility index (Phi) is 4.65. The molecule has 1 aliphatic rings. The van der Waals surface area contributed by atoms with E-state index in [1.54, 1.807) is 0 Å². The third-order valence-corrected chi connectivity index (χ3v) is 5.03. The van der Waals surface area contributed by atoms with Crippen molar-refractivity contribution in [2.45, 2.75) is 30.3 Å². The first-order valence-electron chi connectivity index (χ1n) is 6.12. The molecule has 1 aromatic rings. The second-order valence-electron chi connectivity index (χ2n) is 4.87. The van der Waals surface area contributed by atoms with Crippen molar-refractivity contribution < 1.29 is 13.2 Å². The molecule has 2 rings (SSSR count). The Morgan fingerprint density at radius 1 is 1.60 bits per heavy atom. The smallest absolute Gasteiger partial charge is 0.244 e. The lowest BCUT2D eigenvalue weighted by Gasteiger charge is -2.23. The van der Waals surface area contributed by atoms with Gasteiger partial charge in [-0.05, 0) is 41.8 Å². The first kappa shape index (κ1) is 15.6. The molecule has 0 amide bonds. The van der Waals surface area contributed by atoms with Crippen molar-refractivity contribution in [2.24, 2.45) is 5.84 Å². The van der Waals surface area contributed by atoms with Crippen LogP contribution in [0.2, 0.25) is 0 Å². The van der Waals surface area contributed by atoms with E-state index in [1.807, 2.05) is 6.92 Å². The quantitative estimate of drug-likeness (QED) is 0.531. The molecule has 0 radical (unpaired) electrons. The number of hydrazine groups is 1. The average molecular weight is 365 g/mol. The first-order chi connectivity index (χ1) is 9.36. The Morgan fingerprint density at radius 3 is 2.95 bits per heavy atom. The van der Waals surface area contributed by atoms with Crippen LogP contribution in [-0.4, -0.2) is 32.2 Å². The van der Waals surface area contributed by atoms with Gasteiger partial charge >= 0.3 is 0 Å². The number of rotatable bonds is 5. The first-order valence-corrected chi connectivity index (χ1v) is 8.40. The molecule has 9 heteroatoms.